The van der Waals surface area contributed by atoms with Crippen molar-refractivity contribution in [1.29, 1.82) is 0 Å². The third-order valence-corrected chi connectivity index (χ3v) is 4.06. The fourth-order valence-corrected chi connectivity index (χ4v) is 2.89. The van der Waals surface area contributed by atoms with Crippen molar-refractivity contribution in [3.05, 3.63) is 57.3 Å². The molecule has 1 nitrogen and oxygen atoms in total. The summed E-state index contributed by atoms with van der Waals surface area (Å²) in [6.07, 6.45) is 2.98. The van der Waals surface area contributed by atoms with Gasteiger partial charge in [0.2, 0.25) is 0 Å². The van der Waals surface area contributed by atoms with Crippen molar-refractivity contribution in [3.8, 4) is 0 Å². The van der Waals surface area contributed by atoms with Gasteiger partial charge in [0.15, 0.2) is 0 Å². The Bertz CT molecular complexity index is 473. The Balaban J connectivity index is 1.95. The molecule has 2 rings (SSSR count). The van der Waals surface area contributed by atoms with E-state index in [9.17, 15) is 0 Å². The van der Waals surface area contributed by atoms with Crippen LogP contribution in [0.1, 0.15) is 21.6 Å². The van der Waals surface area contributed by atoms with E-state index in [1.54, 1.807) is 11.3 Å². The zero-order valence-electron chi connectivity index (χ0n) is 10.1. The summed E-state index contributed by atoms with van der Waals surface area (Å²) in [5.74, 6) is 0. The second-order valence-corrected chi connectivity index (χ2v) is 5.32. The molecule has 2 aromatic rings. The topological polar surface area (TPSA) is 20.2 Å². The van der Waals surface area contributed by atoms with E-state index in [1.807, 2.05) is 0 Å². The lowest BCUT2D eigenvalue weighted by molar-refractivity contribution is 0.300. The summed E-state index contributed by atoms with van der Waals surface area (Å²) in [6.45, 7) is 2.41. The quantitative estimate of drug-likeness (QED) is 0.857. The molecule has 0 saturated heterocycles. The Hall–Kier alpha value is -1.12. The molecule has 90 valence electrons. The van der Waals surface area contributed by atoms with Crippen molar-refractivity contribution >= 4 is 11.3 Å². The van der Waals surface area contributed by atoms with Gasteiger partial charge in [0.1, 0.15) is 0 Å². The number of rotatable bonds is 5. The van der Waals surface area contributed by atoms with Crippen molar-refractivity contribution in [2.75, 3.05) is 6.61 Å². The molecule has 1 N–H and O–H groups in total. The molecule has 0 radical (unpaired) electrons. The lowest BCUT2D eigenvalue weighted by atomic mass is 10.0. The highest BCUT2D eigenvalue weighted by atomic mass is 32.1. The third-order valence-electron chi connectivity index (χ3n) is 3.01. The largest absolute Gasteiger partial charge is 0.396 e. The van der Waals surface area contributed by atoms with Gasteiger partial charge in [-0.15, -0.1) is 11.3 Å². The fourth-order valence-electron chi connectivity index (χ4n) is 1.97. The number of thiophene rings is 1. The summed E-state index contributed by atoms with van der Waals surface area (Å²) >= 11 is 1.75. The van der Waals surface area contributed by atoms with Gasteiger partial charge < -0.3 is 5.11 Å². The van der Waals surface area contributed by atoms with E-state index >= 15 is 0 Å². The summed E-state index contributed by atoms with van der Waals surface area (Å²) < 4.78 is 0. The maximum atomic E-state index is 8.88. The minimum atomic E-state index is 0.248. The number of hydrogen-bond donors (Lipinski definition) is 1. The zero-order valence-corrected chi connectivity index (χ0v) is 11.0. The first-order valence-electron chi connectivity index (χ1n) is 6.01. The van der Waals surface area contributed by atoms with Crippen molar-refractivity contribution < 1.29 is 5.11 Å². The van der Waals surface area contributed by atoms with E-state index < -0.39 is 0 Å². The predicted molar refractivity (Wildman–Crippen MR) is 73.7 cm³/mol. The minimum Gasteiger partial charge on any atom is -0.396 e. The van der Waals surface area contributed by atoms with Gasteiger partial charge in [-0.1, -0.05) is 24.3 Å². The van der Waals surface area contributed by atoms with Crippen LogP contribution in [0.2, 0.25) is 0 Å². The van der Waals surface area contributed by atoms with Crippen molar-refractivity contribution in [2.45, 2.75) is 26.2 Å². The van der Waals surface area contributed by atoms with Crippen LogP contribution in [0.5, 0.6) is 0 Å². The van der Waals surface area contributed by atoms with E-state index in [-0.39, 0.29) is 6.61 Å². The van der Waals surface area contributed by atoms with Crippen LogP contribution in [0.3, 0.4) is 0 Å². The molecule has 0 bridgehead atoms. The van der Waals surface area contributed by atoms with Crippen LogP contribution in [-0.4, -0.2) is 11.7 Å². The average Bonchev–Trinajstić information content (AvgIpc) is 2.76. The molecule has 1 aromatic carbocycles. The standard InChI is InChI=1S/C15H18OS/c1-12-4-2-3-5-14(12)7-6-13-10-15(8-9-16)17-11-13/h2-5,10-11,16H,6-9H2,1H3. The Morgan fingerprint density at radius 2 is 1.94 bits per heavy atom. The molecule has 17 heavy (non-hydrogen) atoms. The summed E-state index contributed by atoms with van der Waals surface area (Å²) in [6, 6.07) is 10.8. The molecule has 0 saturated carbocycles. The van der Waals surface area contributed by atoms with Crippen molar-refractivity contribution in [3.63, 3.8) is 0 Å². The Labute approximate surface area is 107 Å². The lowest BCUT2D eigenvalue weighted by Gasteiger charge is -2.03. The Morgan fingerprint density at radius 1 is 1.12 bits per heavy atom. The van der Waals surface area contributed by atoms with E-state index in [0.717, 1.165) is 19.3 Å². The molecule has 2 heteroatoms. The maximum Gasteiger partial charge on any atom is 0.0479 e. The first-order valence-corrected chi connectivity index (χ1v) is 6.89. The van der Waals surface area contributed by atoms with Crippen LogP contribution in [0.15, 0.2) is 35.7 Å². The molecule has 0 aliphatic rings. The Kier molecular flexibility index (Phi) is 4.35. The summed E-state index contributed by atoms with van der Waals surface area (Å²) in [7, 11) is 0. The molecule has 0 aliphatic heterocycles. The number of hydrogen-bond acceptors (Lipinski definition) is 2. The molecule has 1 aromatic heterocycles. The van der Waals surface area contributed by atoms with Gasteiger partial charge in [0, 0.05) is 17.9 Å². The average molecular weight is 246 g/mol. The van der Waals surface area contributed by atoms with Gasteiger partial charge in [0.05, 0.1) is 0 Å². The number of aliphatic hydroxyl groups excluding tert-OH is 1. The monoisotopic (exact) mass is 246 g/mol. The number of aryl methyl sites for hydroxylation is 3. The fraction of sp³-hybridized carbons (Fsp3) is 0.333. The molecule has 0 amide bonds. The third kappa shape index (κ3) is 3.42. The van der Waals surface area contributed by atoms with Crippen LogP contribution < -0.4 is 0 Å². The smallest absolute Gasteiger partial charge is 0.0479 e. The van der Waals surface area contributed by atoms with E-state index in [4.69, 9.17) is 5.11 Å². The highest BCUT2D eigenvalue weighted by molar-refractivity contribution is 7.10. The predicted octanol–water partition coefficient (Wildman–Crippen LogP) is 3.38. The summed E-state index contributed by atoms with van der Waals surface area (Å²) in [5.41, 5.74) is 4.20. The number of benzene rings is 1. The normalized spacial score (nSPS) is 10.7. The van der Waals surface area contributed by atoms with Crippen LogP contribution in [0.25, 0.3) is 0 Å². The van der Waals surface area contributed by atoms with Gasteiger partial charge in [-0.05, 0) is 47.9 Å². The molecular weight excluding hydrogens is 228 g/mol. The van der Waals surface area contributed by atoms with Crippen molar-refractivity contribution in [2.24, 2.45) is 0 Å². The molecule has 0 fully saturated rings. The second-order valence-electron chi connectivity index (χ2n) is 4.32. The molecule has 0 spiro atoms. The first-order chi connectivity index (χ1) is 8.29. The minimum absolute atomic E-state index is 0.248. The first kappa shape index (κ1) is 12.3. The molecular formula is C15H18OS. The van der Waals surface area contributed by atoms with Gasteiger partial charge in [0.25, 0.3) is 0 Å². The molecule has 0 unspecified atom stereocenters. The second kappa shape index (κ2) is 5.99. The van der Waals surface area contributed by atoms with E-state index in [2.05, 4.69) is 42.6 Å². The van der Waals surface area contributed by atoms with Crippen molar-refractivity contribution in [1.82, 2.24) is 0 Å². The highest BCUT2D eigenvalue weighted by Gasteiger charge is 2.02. The molecule has 1 heterocycles. The summed E-state index contributed by atoms with van der Waals surface area (Å²) in [5, 5.41) is 11.1. The SMILES string of the molecule is Cc1ccccc1CCc1csc(CCO)c1. The zero-order chi connectivity index (χ0) is 12.1. The lowest BCUT2D eigenvalue weighted by Crippen LogP contribution is -1.92. The van der Waals surface area contributed by atoms with Gasteiger partial charge in [-0.3, -0.25) is 0 Å². The van der Waals surface area contributed by atoms with E-state index in [0.29, 0.717) is 0 Å². The van der Waals surface area contributed by atoms with Gasteiger partial charge >= 0.3 is 0 Å². The summed E-state index contributed by atoms with van der Waals surface area (Å²) in [4.78, 5) is 1.28. The number of aliphatic hydroxyl groups is 1. The Morgan fingerprint density at radius 3 is 2.71 bits per heavy atom. The van der Waals surface area contributed by atoms with Gasteiger partial charge in [-0.25, -0.2) is 0 Å². The van der Waals surface area contributed by atoms with Crippen LogP contribution in [-0.2, 0) is 19.3 Å². The van der Waals surface area contributed by atoms with E-state index in [1.165, 1.54) is 21.6 Å². The highest BCUT2D eigenvalue weighted by Crippen LogP contribution is 2.18. The van der Waals surface area contributed by atoms with Gasteiger partial charge in [-0.2, -0.15) is 0 Å². The molecule has 0 atom stereocenters. The van der Waals surface area contributed by atoms with Crippen LogP contribution in [0, 0.1) is 6.92 Å². The van der Waals surface area contributed by atoms with Crippen LogP contribution in [0.4, 0.5) is 0 Å². The molecule has 0 aliphatic carbocycles. The van der Waals surface area contributed by atoms with Crippen LogP contribution >= 0.6 is 11.3 Å². The maximum absolute atomic E-state index is 8.88.